The van der Waals surface area contributed by atoms with E-state index in [1.165, 1.54) is 40.5 Å². The molecule has 0 fully saturated rings. The standard InChI is InChI=1S/C20H18ClN3O3S2/c21-14-7-11-16(12-8-14)29(26,27)24-15-9-5-13(6-10-15)19(25)23-20-22-17-3-1-2-4-18(17)28-20/h5-12,24H,1-4H2,(H,22,23,25). The first kappa shape index (κ1) is 19.9. The summed E-state index contributed by atoms with van der Waals surface area (Å²) in [6.45, 7) is 0. The van der Waals surface area contributed by atoms with Crippen LogP contribution in [0.5, 0.6) is 0 Å². The third-order valence-electron chi connectivity index (χ3n) is 4.59. The van der Waals surface area contributed by atoms with Crippen LogP contribution >= 0.6 is 22.9 Å². The molecule has 2 N–H and O–H groups in total. The van der Waals surface area contributed by atoms with Crippen LogP contribution in [0.15, 0.2) is 53.4 Å². The molecule has 2 aromatic carbocycles. The molecule has 1 aliphatic carbocycles. The van der Waals surface area contributed by atoms with Crippen molar-refractivity contribution in [1.82, 2.24) is 4.98 Å². The lowest BCUT2D eigenvalue weighted by molar-refractivity contribution is 0.102. The number of aromatic nitrogens is 1. The highest BCUT2D eigenvalue weighted by Crippen LogP contribution is 2.29. The summed E-state index contributed by atoms with van der Waals surface area (Å²) in [5.41, 5.74) is 1.87. The van der Waals surface area contributed by atoms with Gasteiger partial charge in [-0.25, -0.2) is 13.4 Å². The fourth-order valence-corrected chi connectivity index (χ4v) is 5.32. The van der Waals surface area contributed by atoms with E-state index in [1.54, 1.807) is 24.3 Å². The number of fused-ring (bicyclic) bond motifs is 1. The van der Waals surface area contributed by atoms with Crippen LogP contribution in [0.1, 0.15) is 33.8 Å². The van der Waals surface area contributed by atoms with Crippen LogP contribution in [0.2, 0.25) is 5.02 Å². The largest absolute Gasteiger partial charge is 0.298 e. The number of halogens is 1. The van der Waals surface area contributed by atoms with Gasteiger partial charge in [-0.05, 0) is 74.2 Å². The summed E-state index contributed by atoms with van der Waals surface area (Å²) in [5.74, 6) is -0.275. The fourth-order valence-electron chi connectivity index (χ4n) is 3.09. The molecule has 3 aromatic rings. The monoisotopic (exact) mass is 447 g/mol. The van der Waals surface area contributed by atoms with E-state index in [1.807, 2.05) is 0 Å². The van der Waals surface area contributed by atoms with Crippen LogP contribution in [-0.2, 0) is 22.9 Å². The van der Waals surface area contributed by atoms with Crippen molar-refractivity contribution < 1.29 is 13.2 Å². The number of nitrogens with one attached hydrogen (secondary N) is 2. The quantitative estimate of drug-likeness (QED) is 0.591. The van der Waals surface area contributed by atoms with Crippen LogP contribution < -0.4 is 10.0 Å². The lowest BCUT2D eigenvalue weighted by Gasteiger charge is -2.09. The molecule has 9 heteroatoms. The Labute approximate surface area is 178 Å². The van der Waals surface area contributed by atoms with Gasteiger partial charge < -0.3 is 0 Å². The Morgan fingerprint density at radius 3 is 2.38 bits per heavy atom. The van der Waals surface area contributed by atoms with Crippen molar-refractivity contribution in [3.63, 3.8) is 0 Å². The summed E-state index contributed by atoms with van der Waals surface area (Å²) in [4.78, 5) is 18.3. The van der Waals surface area contributed by atoms with Crippen LogP contribution in [0, 0.1) is 0 Å². The van der Waals surface area contributed by atoms with Gasteiger partial charge in [0.2, 0.25) is 0 Å². The summed E-state index contributed by atoms with van der Waals surface area (Å²) >= 11 is 7.32. The Morgan fingerprint density at radius 1 is 1.00 bits per heavy atom. The molecular formula is C20H18ClN3O3S2. The molecular weight excluding hydrogens is 430 g/mol. The molecule has 1 amide bonds. The molecule has 0 saturated heterocycles. The third-order valence-corrected chi connectivity index (χ3v) is 7.31. The Balaban J connectivity index is 1.44. The van der Waals surface area contributed by atoms with Crippen LogP contribution in [0.4, 0.5) is 10.8 Å². The molecule has 1 aromatic heterocycles. The average Bonchev–Trinajstić information content (AvgIpc) is 3.11. The maximum atomic E-state index is 12.5. The lowest BCUT2D eigenvalue weighted by Crippen LogP contribution is -2.14. The summed E-state index contributed by atoms with van der Waals surface area (Å²) in [5, 5.41) is 3.90. The molecule has 0 radical (unpaired) electrons. The molecule has 150 valence electrons. The van der Waals surface area contributed by atoms with Crippen molar-refractivity contribution in [3.05, 3.63) is 69.7 Å². The van der Waals surface area contributed by atoms with Gasteiger partial charge in [-0.3, -0.25) is 14.8 Å². The van der Waals surface area contributed by atoms with Crippen LogP contribution in [0.25, 0.3) is 0 Å². The van der Waals surface area contributed by atoms with E-state index in [2.05, 4.69) is 15.0 Å². The minimum atomic E-state index is -3.73. The van der Waals surface area contributed by atoms with Crippen molar-refractivity contribution in [1.29, 1.82) is 0 Å². The number of carbonyl (C=O) groups excluding carboxylic acids is 1. The molecule has 1 heterocycles. The zero-order valence-electron chi connectivity index (χ0n) is 15.3. The first-order valence-electron chi connectivity index (χ1n) is 9.09. The predicted octanol–water partition coefficient (Wildman–Crippen LogP) is 4.73. The average molecular weight is 448 g/mol. The number of sulfonamides is 1. The topological polar surface area (TPSA) is 88.2 Å². The molecule has 0 bridgehead atoms. The minimum Gasteiger partial charge on any atom is -0.298 e. The lowest BCUT2D eigenvalue weighted by atomic mass is 10.0. The number of carbonyl (C=O) groups is 1. The van der Waals surface area contributed by atoms with Gasteiger partial charge >= 0.3 is 0 Å². The van der Waals surface area contributed by atoms with E-state index in [-0.39, 0.29) is 10.8 Å². The number of hydrogen-bond donors (Lipinski definition) is 2. The van der Waals surface area contributed by atoms with E-state index >= 15 is 0 Å². The van der Waals surface area contributed by atoms with Crippen molar-refractivity contribution >= 4 is 49.7 Å². The third kappa shape index (κ3) is 4.60. The molecule has 0 atom stereocenters. The van der Waals surface area contributed by atoms with E-state index in [0.29, 0.717) is 21.4 Å². The van der Waals surface area contributed by atoms with Gasteiger partial charge in [0.15, 0.2) is 5.13 Å². The van der Waals surface area contributed by atoms with Crippen LogP contribution in [-0.4, -0.2) is 19.3 Å². The second-order valence-corrected chi connectivity index (χ2v) is 9.89. The summed E-state index contributed by atoms with van der Waals surface area (Å²) in [7, 11) is -3.73. The number of hydrogen-bond acceptors (Lipinski definition) is 5. The molecule has 1 aliphatic rings. The van der Waals surface area contributed by atoms with E-state index in [0.717, 1.165) is 31.4 Å². The maximum Gasteiger partial charge on any atom is 0.261 e. The highest BCUT2D eigenvalue weighted by Gasteiger charge is 2.17. The van der Waals surface area contributed by atoms with Gasteiger partial charge in [-0.1, -0.05) is 11.6 Å². The van der Waals surface area contributed by atoms with Gasteiger partial charge in [0.1, 0.15) is 0 Å². The molecule has 0 saturated carbocycles. The van der Waals surface area contributed by atoms with Gasteiger partial charge in [-0.2, -0.15) is 0 Å². The van der Waals surface area contributed by atoms with E-state index in [4.69, 9.17) is 11.6 Å². The van der Waals surface area contributed by atoms with Crippen molar-refractivity contribution in [3.8, 4) is 0 Å². The maximum absolute atomic E-state index is 12.5. The fraction of sp³-hybridized carbons (Fsp3) is 0.200. The summed E-state index contributed by atoms with van der Waals surface area (Å²) in [6.07, 6.45) is 4.28. The first-order chi connectivity index (χ1) is 13.9. The van der Waals surface area contributed by atoms with Crippen LogP contribution in [0.3, 0.4) is 0 Å². The molecule has 0 aliphatic heterocycles. The minimum absolute atomic E-state index is 0.108. The second kappa shape index (κ2) is 8.14. The summed E-state index contributed by atoms with van der Waals surface area (Å²) < 4.78 is 27.3. The second-order valence-electron chi connectivity index (χ2n) is 6.69. The molecule has 29 heavy (non-hydrogen) atoms. The Hall–Kier alpha value is -2.42. The number of anilines is 2. The van der Waals surface area contributed by atoms with Gasteiger partial charge in [-0.15, -0.1) is 11.3 Å². The zero-order chi connectivity index (χ0) is 20.4. The van der Waals surface area contributed by atoms with Gasteiger partial charge in [0, 0.05) is 21.2 Å². The predicted molar refractivity (Wildman–Crippen MR) is 115 cm³/mol. The van der Waals surface area contributed by atoms with Crippen molar-refractivity contribution in [2.75, 3.05) is 10.0 Å². The zero-order valence-corrected chi connectivity index (χ0v) is 17.7. The number of rotatable bonds is 5. The first-order valence-corrected chi connectivity index (χ1v) is 11.8. The SMILES string of the molecule is O=C(Nc1nc2c(s1)CCCC2)c1ccc(NS(=O)(=O)c2ccc(Cl)cc2)cc1. The number of benzene rings is 2. The summed E-state index contributed by atoms with van der Waals surface area (Å²) in [6, 6.07) is 12.1. The van der Waals surface area contributed by atoms with Crippen molar-refractivity contribution in [2.24, 2.45) is 0 Å². The molecule has 0 spiro atoms. The normalized spacial score (nSPS) is 13.6. The van der Waals surface area contributed by atoms with E-state index < -0.39 is 10.0 Å². The Kier molecular flexibility index (Phi) is 5.58. The smallest absolute Gasteiger partial charge is 0.261 e. The van der Waals surface area contributed by atoms with E-state index in [9.17, 15) is 13.2 Å². The van der Waals surface area contributed by atoms with Gasteiger partial charge in [0.05, 0.1) is 10.6 Å². The molecule has 6 nitrogen and oxygen atoms in total. The number of thiazole rings is 1. The molecule has 0 unspecified atom stereocenters. The van der Waals surface area contributed by atoms with Crippen molar-refractivity contribution in [2.45, 2.75) is 30.6 Å². The number of aryl methyl sites for hydroxylation is 2. The highest BCUT2D eigenvalue weighted by molar-refractivity contribution is 7.92. The Bertz CT molecular complexity index is 1120. The number of nitrogens with zero attached hydrogens (tertiary/aromatic N) is 1. The Morgan fingerprint density at radius 2 is 1.69 bits per heavy atom. The number of amides is 1. The highest BCUT2D eigenvalue weighted by atomic mass is 35.5. The van der Waals surface area contributed by atoms with Gasteiger partial charge in [0.25, 0.3) is 15.9 Å². The molecule has 4 rings (SSSR count).